The number of carbonyl (C=O) groups excluding carboxylic acids is 1. The fraction of sp³-hybridized carbons (Fsp3) is 0.300. The van der Waals surface area contributed by atoms with Crippen LogP contribution in [0.1, 0.15) is 37.2 Å². The summed E-state index contributed by atoms with van der Waals surface area (Å²) in [4.78, 5) is 19.9. The third-order valence-electron chi connectivity index (χ3n) is 4.14. The number of nitrogens with one attached hydrogen (secondary N) is 2. The van der Waals surface area contributed by atoms with Crippen molar-refractivity contribution in [2.75, 3.05) is 6.61 Å². The van der Waals surface area contributed by atoms with Gasteiger partial charge in [0, 0.05) is 11.4 Å². The third kappa shape index (κ3) is 4.55. The first-order valence-electron chi connectivity index (χ1n) is 8.66. The summed E-state index contributed by atoms with van der Waals surface area (Å²) in [5, 5.41) is 3.69. The van der Waals surface area contributed by atoms with Crippen LogP contribution in [0.5, 0.6) is 5.75 Å². The van der Waals surface area contributed by atoms with Gasteiger partial charge in [0.2, 0.25) is 5.91 Å². The summed E-state index contributed by atoms with van der Waals surface area (Å²) in [6, 6.07) is 13.2. The number of ether oxygens (including phenoxy) is 1. The molecule has 3 aromatic rings. The molecule has 1 amide bonds. The van der Waals surface area contributed by atoms with Crippen LogP contribution in [-0.4, -0.2) is 22.5 Å². The number of hydrogen-bond donors (Lipinski definition) is 2. The highest BCUT2D eigenvalue weighted by atomic mass is 35.5. The van der Waals surface area contributed by atoms with Crippen molar-refractivity contribution < 1.29 is 9.53 Å². The highest BCUT2D eigenvalue weighted by Gasteiger charge is 2.13. The molecule has 1 heterocycles. The summed E-state index contributed by atoms with van der Waals surface area (Å²) in [7, 11) is 0. The normalized spacial score (nSPS) is 12.1. The number of nitrogens with zero attached hydrogens (tertiary/aromatic N) is 1. The van der Waals surface area contributed by atoms with Crippen LogP contribution in [0.15, 0.2) is 42.5 Å². The number of hydrogen-bond acceptors (Lipinski definition) is 3. The van der Waals surface area contributed by atoms with Gasteiger partial charge >= 0.3 is 0 Å². The van der Waals surface area contributed by atoms with Gasteiger partial charge in [0.1, 0.15) is 11.6 Å². The van der Waals surface area contributed by atoms with E-state index >= 15 is 0 Å². The van der Waals surface area contributed by atoms with Crippen LogP contribution in [0, 0.1) is 6.92 Å². The summed E-state index contributed by atoms with van der Waals surface area (Å²) in [6.45, 7) is 4.33. The molecule has 5 nitrogen and oxygen atoms in total. The molecule has 0 bridgehead atoms. The summed E-state index contributed by atoms with van der Waals surface area (Å²) in [5.74, 6) is 1.50. The molecule has 0 saturated carbocycles. The molecule has 0 spiro atoms. The second-order valence-electron chi connectivity index (χ2n) is 6.29. The minimum absolute atomic E-state index is 0.0196. The van der Waals surface area contributed by atoms with Crippen molar-refractivity contribution in [3.05, 3.63) is 58.9 Å². The lowest BCUT2D eigenvalue weighted by atomic mass is 10.2. The van der Waals surface area contributed by atoms with E-state index in [1.807, 2.05) is 56.3 Å². The van der Waals surface area contributed by atoms with Crippen LogP contribution >= 0.6 is 11.6 Å². The predicted molar refractivity (Wildman–Crippen MR) is 104 cm³/mol. The number of imidazole rings is 1. The zero-order chi connectivity index (χ0) is 18.5. The van der Waals surface area contributed by atoms with E-state index in [0.29, 0.717) is 19.4 Å². The van der Waals surface area contributed by atoms with Crippen LogP contribution in [0.2, 0.25) is 5.02 Å². The number of H-pyrrole nitrogens is 1. The maximum absolute atomic E-state index is 12.1. The van der Waals surface area contributed by atoms with Crippen molar-refractivity contribution >= 4 is 28.5 Å². The molecule has 2 N–H and O–H groups in total. The van der Waals surface area contributed by atoms with Gasteiger partial charge in [0.25, 0.3) is 0 Å². The second kappa shape index (κ2) is 8.23. The minimum Gasteiger partial charge on any atom is -0.494 e. The standard InChI is InChI=1S/C20H22ClN3O2/c1-13-12-15(9-10-16(13)21)26-11-5-8-19(25)22-14(2)20-23-17-6-3-4-7-18(17)24-20/h3-4,6-7,9-10,12,14H,5,8,11H2,1-2H3,(H,22,25)(H,23,24). The molecule has 6 heteroatoms. The predicted octanol–water partition coefficient (Wildman–Crippen LogP) is 4.56. The Bertz CT molecular complexity index is 874. The molecule has 3 rings (SSSR count). The first-order valence-corrected chi connectivity index (χ1v) is 9.03. The SMILES string of the molecule is Cc1cc(OCCCC(=O)NC(C)c2nc3ccccc3[nH]2)ccc1Cl. The van der Waals surface area contributed by atoms with E-state index < -0.39 is 0 Å². The van der Waals surface area contributed by atoms with Gasteiger partial charge in [-0.1, -0.05) is 23.7 Å². The third-order valence-corrected chi connectivity index (χ3v) is 4.57. The Hall–Kier alpha value is -2.53. The topological polar surface area (TPSA) is 67.0 Å². The lowest BCUT2D eigenvalue weighted by molar-refractivity contribution is -0.122. The molecular formula is C20H22ClN3O2. The van der Waals surface area contributed by atoms with E-state index in [0.717, 1.165) is 33.2 Å². The van der Waals surface area contributed by atoms with Gasteiger partial charge in [-0.05, 0) is 56.2 Å². The molecular weight excluding hydrogens is 350 g/mol. The molecule has 0 saturated heterocycles. The Labute approximate surface area is 157 Å². The average molecular weight is 372 g/mol. The summed E-state index contributed by atoms with van der Waals surface area (Å²) >= 11 is 5.99. The fourth-order valence-corrected chi connectivity index (χ4v) is 2.81. The molecule has 2 aromatic carbocycles. The van der Waals surface area contributed by atoms with E-state index in [4.69, 9.17) is 16.3 Å². The minimum atomic E-state index is -0.172. The van der Waals surface area contributed by atoms with Crippen molar-refractivity contribution in [1.29, 1.82) is 0 Å². The maximum Gasteiger partial charge on any atom is 0.220 e. The molecule has 1 aromatic heterocycles. The molecule has 0 aliphatic rings. The number of fused-ring (bicyclic) bond motifs is 1. The van der Waals surface area contributed by atoms with Gasteiger partial charge in [-0.3, -0.25) is 4.79 Å². The van der Waals surface area contributed by atoms with E-state index in [9.17, 15) is 4.79 Å². The molecule has 0 radical (unpaired) electrons. The van der Waals surface area contributed by atoms with Crippen molar-refractivity contribution in [3.8, 4) is 5.75 Å². The van der Waals surface area contributed by atoms with Gasteiger partial charge in [-0.25, -0.2) is 4.98 Å². The van der Waals surface area contributed by atoms with E-state index in [1.165, 1.54) is 0 Å². The van der Waals surface area contributed by atoms with Crippen LogP contribution in [0.25, 0.3) is 11.0 Å². The Kier molecular flexibility index (Phi) is 5.78. The van der Waals surface area contributed by atoms with E-state index in [2.05, 4.69) is 15.3 Å². The molecule has 0 aliphatic heterocycles. The first-order chi connectivity index (χ1) is 12.5. The van der Waals surface area contributed by atoms with Gasteiger partial charge in [0.15, 0.2) is 0 Å². The lowest BCUT2D eigenvalue weighted by Crippen LogP contribution is -2.27. The summed E-state index contributed by atoms with van der Waals surface area (Å²) in [5.41, 5.74) is 2.84. The highest BCUT2D eigenvalue weighted by Crippen LogP contribution is 2.21. The van der Waals surface area contributed by atoms with Gasteiger partial charge in [-0.15, -0.1) is 0 Å². The first kappa shape index (κ1) is 18.3. The highest BCUT2D eigenvalue weighted by molar-refractivity contribution is 6.31. The van der Waals surface area contributed by atoms with Crippen LogP contribution in [0.4, 0.5) is 0 Å². The number of aromatic amines is 1. The van der Waals surface area contributed by atoms with Crippen molar-refractivity contribution in [1.82, 2.24) is 15.3 Å². The maximum atomic E-state index is 12.1. The molecule has 0 fully saturated rings. The number of halogens is 1. The van der Waals surface area contributed by atoms with Gasteiger partial charge < -0.3 is 15.0 Å². The smallest absolute Gasteiger partial charge is 0.220 e. The quantitative estimate of drug-likeness (QED) is 0.598. The largest absolute Gasteiger partial charge is 0.494 e. The molecule has 26 heavy (non-hydrogen) atoms. The van der Waals surface area contributed by atoms with E-state index in [1.54, 1.807) is 0 Å². The number of amides is 1. The van der Waals surface area contributed by atoms with Crippen molar-refractivity contribution in [2.24, 2.45) is 0 Å². The van der Waals surface area contributed by atoms with Crippen LogP contribution in [-0.2, 0) is 4.79 Å². The van der Waals surface area contributed by atoms with Crippen molar-refractivity contribution in [3.63, 3.8) is 0 Å². The number of para-hydroxylation sites is 2. The zero-order valence-electron chi connectivity index (χ0n) is 14.9. The number of rotatable bonds is 7. The lowest BCUT2D eigenvalue weighted by Gasteiger charge is -2.12. The second-order valence-corrected chi connectivity index (χ2v) is 6.70. The molecule has 1 unspecified atom stereocenters. The molecule has 0 aliphatic carbocycles. The van der Waals surface area contributed by atoms with Crippen molar-refractivity contribution in [2.45, 2.75) is 32.7 Å². The number of carbonyl (C=O) groups is 1. The Morgan fingerprint density at radius 2 is 2.12 bits per heavy atom. The molecule has 136 valence electrons. The number of aromatic nitrogens is 2. The Morgan fingerprint density at radius 1 is 1.31 bits per heavy atom. The van der Waals surface area contributed by atoms with E-state index in [-0.39, 0.29) is 11.9 Å². The fourth-order valence-electron chi connectivity index (χ4n) is 2.69. The summed E-state index contributed by atoms with van der Waals surface area (Å²) < 4.78 is 5.66. The van der Waals surface area contributed by atoms with Crippen LogP contribution < -0.4 is 10.1 Å². The Morgan fingerprint density at radius 3 is 2.88 bits per heavy atom. The average Bonchev–Trinajstić information content (AvgIpc) is 3.06. The monoisotopic (exact) mass is 371 g/mol. The van der Waals surface area contributed by atoms with Gasteiger partial charge in [-0.2, -0.15) is 0 Å². The number of benzene rings is 2. The Balaban J connectivity index is 1.44. The number of aryl methyl sites for hydroxylation is 1. The van der Waals surface area contributed by atoms with Crippen LogP contribution in [0.3, 0.4) is 0 Å². The molecule has 1 atom stereocenters. The zero-order valence-corrected chi connectivity index (χ0v) is 15.6. The van der Waals surface area contributed by atoms with Gasteiger partial charge in [0.05, 0.1) is 23.7 Å². The summed E-state index contributed by atoms with van der Waals surface area (Å²) in [6.07, 6.45) is 1.04.